The Bertz CT molecular complexity index is 778. The predicted octanol–water partition coefficient (Wildman–Crippen LogP) is 1.72. The van der Waals surface area contributed by atoms with E-state index in [1.54, 1.807) is 36.5 Å². The van der Waals surface area contributed by atoms with Crippen LogP contribution in [-0.2, 0) is 6.42 Å². The monoisotopic (exact) mass is 269 g/mol. The molecule has 20 heavy (non-hydrogen) atoms. The fourth-order valence-electron chi connectivity index (χ4n) is 1.99. The average Bonchev–Trinajstić information content (AvgIpc) is 2.83. The zero-order chi connectivity index (χ0) is 14.1. The van der Waals surface area contributed by atoms with E-state index in [1.165, 1.54) is 10.6 Å². The number of hydrogen-bond donors (Lipinski definition) is 2. The quantitative estimate of drug-likeness (QED) is 0.756. The van der Waals surface area contributed by atoms with E-state index in [-0.39, 0.29) is 11.3 Å². The lowest BCUT2D eigenvalue weighted by Crippen LogP contribution is -2.00. The molecule has 6 nitrogen and oxygen atoms in total. The number of rotatable bonds is 3. The van der Waals surface area contributed by atoms with Crippen molar-refractivity contribution in [2.45, 2.75) is 6.42 Å². The largest absolute Gasteiger partial charge is 0.508 e. The maximum absolute atomic E-state index is 11.1. The number of aromatic nitrogens is 3. The van der Waals surface area contributed by atoms with Crippen LogP contribution in [0, 0.1) is 0 Å². The van der Waals surface area contributed by atoms with E-state index in [0.717, 1.165) is 5.56 Å². The smallest absolute Gasteiger partial charge is 0.339 e. The number of aromatic hydroxyl groups is 1. The summed E-state index contributed by atoms with van der Waals surface area (Å²) in [6.07, 6.45) is 2.14. The zero-order valence-electron chi connectivity index (χ0n) is 10.4. The molecule has 0 bridgehead atoms. The number of carboxylic acid groups (broad SMARTS) is 1. The SMILES string of the molecule is O=C(O)c1cccn2nc(Cc3ccc(O)cc3)nc12. The third kappa shape index (κ3) is 2.18. The van der Waals surface area contributed by atoms with Crippen molar-refractivity contribution in [2.75, 3.05) is 0 Å². The molecule has 2 N–H and O–H groups in total. The number of carboxylic acids is 1. The first-order chi connectivity index (χ1) is 9.63. The number of fused-ring (bicyclic) bond motifs is 1. The summed E-state index contributed by atoms with van der Waals surface area (Å²) in [4.78, 5) is 15.4. The van der Waals surface area contributed by atoms with E-state index >= 15 is 0 Å². The van der Waals surface area contributed by atoms with Gasteiger partial charge in [0, 0.05) is 12.6 Å². The third-order valence-corrected chi connectivity index (χ3v) is 2.94. The highest BCUT2D eigenvalue weighted by Crippen LogP contribution is 2.14. The lowest BCUT2D eigenvalue weighted by Gasteiger charge is -1.96. The van der Waals surface area contributed by atoms with Crippen LogP contribution in [0.5, 0.6) is 5.75 Å². The van der Waals surface area contributed by atoms with Crippen molar-refractivity contribution in [1.29, 1.82) is 0 Å². The molecule has 0 fully saturated rings. The van der Waals surface area contributed by atoms with Gasteiger partial charge in [-0.25, -0.2) is 14.3 Å². The van der Waals surface area contributed by atoms with Gasteiger partial charge in [-0.3, -0.25) is 0 Å². The molecule has 0 unspecified atom stereocenters. The molecule has 0 atom stereocenters. The molecule has 0 amide bonds. The van der Waals surface area contributed by atoms with Crippen molar-refractivity contribution in [3.05, 3.63) is 59.5 Å². The van der Waals surface area contributed by atoms with Gasteiger partial charge in [0.15, 0.2) is 11.5 Å². The Morgan fingerprint density at radius 1 is 1.20 bits per heavy atom. The van der Waals surface area contributed by atoms with Gasteiger partial charge in [-0.2, -0.15) is 5.10 Å². The Labute approximate surface area is 113 Å². The Kier molecular flexibility index (Phi) is 2.83. The van der Waals surface area contributed by atoms with Gasteiger partial charge >= 0.3 is 5.97 Å². The summed E-state index contributed by atoms with van der Waals surface area (Å²) in [6.45, 7) is 0. The molecule has 0 aliphatic rings. The molecule has 2 heterocycles. The number of benzene rings is 1. The van der Waals surface area contributed by atoms with Gasteiger partial charge in [0.1, 0.15) is 11.3 Å². The highest BCUT2D eigenvalue weighted by molar-refractivity contribution is 5.94. The molecule has 6 heteroatoms. The molecular formula is C14H11N3O3. The molecule has 0 radical (unpaired) electrons. The fraction of sp³-hybridized carbons (Fsp3) is 0.0714. The van der Waals surface area contributed by atoms with Crippen LogP contribution >= 0.6 is 0 Å². The van der Waals surface area contributed by atoms with Crippen LogP contribution in [-0.4, -0.2) is 30.8 Å². The number of nitrogens with zero attached hydrogens (tertiary/aromatic N) is 3. The second-order valence-corrected chi connectivity index (χ2v) is 4.37. The van der Waals surface area contributed by atoms with Crippen LogP contribution in [0.25, 0.3) is 5.65 Å². The van der Waals surface area contributed by atoms with E-state index < -0.39 is 5.97 Å². The molecule has 100 valence electrons. The number of aromatic carboxylic acids is 1. The summed E-state index contributed by atoms with van der Waals surface area (Å²) in [5.74, 6) is -0.298. The number of pyridine rings is 1. The molecular weight excluding hydrogens is 258 g/mol. The van der Waals surface area contributed by atoms with Crippen LogP contribution in [0.1, 0.15) is 21.7 Å². The molecule has 0 saturated carbocycles. The van der Waals surface area contributed by atoms with Gasteiger partial charge in [-0.05, 0) is 29.8 Å². The second kappa shape index (κ2) is 4.65. The molecule has 1 aromatic carbocycles. The number of phenols is 1. The van der Waals surface area contributed by atoms with Crippen LogP contribution in [0.15, 0.2) is 42.6 Å². The minimum atomic E-state index is -1.03. The van der Waals surface area contributed by atoms with Crippen LogP contribution < -0.4 is 0 Å². The van der Waals surface area contributed by atoms with Gasteiger partial charge in [0.2, 0.25) is 0 Å². The zero-order valence-corrected chi connectivity index (χ0v) is 10.4. The number of carbonyl (C=O) groups is 1. The van der Waals surface area contributed by atoms with Crippen LogP contribution in [0.3, 0.4) is 0 Å². The molecule has 3 rings (SSSR count). The summed E-state index contributed by atoms with van der Waals surface area (Å²) in [5.41, 5.74) is 1.39. The van der Waals surface area contributed by atoms with E-state index in [4.69, 9.17) is 5.11 Å². The maximum atomic E-state index is 11.1. The maximum Gasteiger partial charge on any atom is 0.339 e. The first-order valence-corrected chi connectivity index (χ1v) is 5.99. The van der Waals surface area contributed by atoms with Gasteiger partial charge in [-0.1, -0.05) is 12.1 Å². The van der Waals surface area contributed by atoms with Crippen molar-refractivity contribution in [3.8, 4) is 5.75 Å². The minimum Gasteiger partial charge on any atom is -0.508 e. The van der Waals surface area contributed by atoms with Gasteiger partial charge < -0.3 is 10.2 Å². The summed E-state index contributed by atoms with van der Waals surface area (Å²) in [7, 11) is 0. The van der Waals surface area contributed by atoms with E-state index in [1.807, 2.05) is 0 Å². The molecule has 2 aromatic heterocycles. The van der Waals surface area contributed by atoms with Crippen LogP contribution in [0.2, 0.25) is 0 Å². The predicted molar refractivity (Wildman–Crippen MR) is 70.9 cm³/mol. The first kappa shape index (κ1) is 12.2. The molecule has 0 aliphatic heterocycles. The summed E-state index contributed by atoms with van der Waals surface area (Å²) < 4.78 is 1.46. The van der Waals surface area contributed by atoms with Crippen molar-refractivity contribution in [3.63, 3.8) is 0 Å². The summed E-state index contributed by atoms with van der Waals surface area (Å²) >= 11 is 0. The van der Waals surface area contributed by atoms with E-state index in [2.05, 4.69) is 10.1 Å². The molecule has 0 spiro atoms. The Morgan fingerprint density at radius 2 is 1.95 bits per heavy atom. The van der Waals surface area contributed by atoms with Gasteiger partial charge in [0.25, 0.3) is 0 Å². The van der Waals surface area contributed by atoms with Crippen molar-refractivity contribution in [2.24, 2.45) is 0 Å². The summed E-state index contributed by atoms with van der Waals surface area (Å²) in [5, 5.41) is 22.6. The van der Waals surface area contributed by atoms with Crippen molar-refractivity contribution >= 4 is 11.6 Å². The van der Waals surface area contributed by atoms with Crippen molar-refractivity contribution in [1.82, 2.24) is 14.6 Å². The van der Waals surface area contributed by atoms with Gasteiger partial charge in [0.05, 0.1) is 0 Å². The number of phenolic OH excluding ortho intramolecular Hbond substituents is 1. The summed E-state index contributed by atoms with van der Waals surface area (Å²) in [6, 6.07) is 9.85. The van der Waals surface area contributed by atoms with Crippen LogP contribution in [0.4, 0.5) is 0 Å². The highest BCUT2D eigenvalue weighted by Gasteiger charge is 2.13. The van der Waals surface area contributed by atoms with E-state index in [0.29, 0.717) is 17.9 Å². The van der Waals surface area contributed by atoms with Gasteiger partial charge in [-0.15, -0.1) is 0 Å². The lowest BCUT2D eigenvalue weighted by molar-refractivity contribution is 0.0698. The topological polar surface area (TPSA) is 87.7 Å². The Balaban J connectivity index is 1.99. The fourth-order valence-corrected chi connectivity index (χ4v) is 1.99. The lowest BCUT2D eigenvalue weighted by atomic mass is 10.1. The molecule has 0 saturated heterocycles. The number of hydrogen-bond acceptors (Lipinski definition) is 4. The average molecular weight is 269 g/mol. The van der Waals surface area contributed by atoms with E-state index in [9.17, 15) is 9.90 Å². The Hall–Kier alpha value is -2.89. The third-order valence-electron chi connectivity index (χ3n) is 2.94. The first-order valence-electron chi connectivity index (χ1n) is 5.99. The minimum absolute atomic E-state index is 0.122. The second-order valence-electron chi connectivity index (χ2n) is 4.37. The normalized spacial score (nSPS) is 10.8. The standard InChI is InChI=1S/C14H11N3O3/c18-10-5-3-9(4-6-10)8-12-15-13-11(14(19)20)2-1-7-17(13)16-12/h1-7,18H,8H2,(H,19,20). The molecule has 3 aromatic rings. The Morgan fingerprint density at radius 3 is 2.65 bits per heavy atom. The molecule has 0 aliphatic carbocycles. The highest BCUT2D eigenvalue weighted by atomic mass is 16.4. The van der Waals surface area contributed by atoms with Crippen molar-refractivity contribution < 1.29 is 15.0 Å².